The van der Waals surface area contributed by atoms with Gasteiger partial charge in [0.05, 0.1) is 4.34 Å². The molecule has 0 bridgehead atoms. The first-order chi connectivity index (χ1) is 6.18. The Labute approximate surface area is 85.5 Å². The number of allylic oxidation sites excluding steroid dienone is 1. The lowest BCUT2D eigenvalue weighted by Gasteiger charge is -1.89. The Morgan fingerprint density at radius 3 is 2.92 bits per heavy atom. The number of carboxylic acid groups (broad SMARTS) is 1. The van der Waals surface area contributed by atoms with E-state index in [1.165, 1.54) is 16.2 Å². The van der Waals surface area contributed by atoms with E-state index in [1.807, 2.05) is 12.1 Å². The van der Waals surface area contributed by atoms with Crippen molar-refractivity contribution in [3.8, 4) is 0 Å². The van der Waals surface area contributed by atoms with Gasteiger partial charge in [0.15, 0.2) is 0 Å². The standard InChI is InChI=1S/C9H9ClO2S/c10-8-6-5-7(13-8)3-1-2-4-9(11)12/h2,4-6H,1,3H2,(H,11,12)/b4-2+. The minimum atomic E-state index is -0.899. The highest BCUT2D eigenvalue weighted by Gasteiger charge is 1.95. The predicted octanol–water partition coefficient (Wildman–Crippen LogP) is 2.97. The summed E-state index contributed by atoms with van der Waals surface area (Å²) in [5.74, 6) is -0.899. The SMILES string of the molecule is O=C(O)/C=C/CCc1ccc(Cl)s1. The molecule has 4 heteroatoms. The fourth-order valence-electron chi connectivity index (χ4n) is 0.896. The average molecular weight is 217 g/mol. The molecule has 1 aromatic rings. The van der Waals surface area contributed by atoms with Gasteiger partial charge in [0.2, 0.25) is 0 Å². The number of aliphatic carboxylic acids is 1. The van der Waals surface area contributed by atoms with Crippen LogP contribution in [-0.4, -0.2) is 11.1 Å². The molecule has 1 heterocycles. The second-order valence-electron chi connectivity index (χ2n) is 2.49. The van der Waals surface area contributed by atoms with Crippen LogP contribution < -0.4 is 0 Å². The van der Waals surface area contributed by atoms with E-state index < -0.39 is 5.97 Å². The minimum Gasteiger partial charge on any atom is -0.478 e. The molecule has 0 aliphatic heterocycles. The zero-order chi connectivity index (χ0) is 9.68. The lowest BCUT2D eigenvalue weighted by Crippen LogP contribution is -1.86. The van der Waals surface area contributed by atoms with Gasteiger partial charge in [-0.05, 0) is 25.0 Å². The molecule has 0 saturated heterocycles. The van der Waals surface area contributed by atoms with Crippen LogP contribution in [0.25, 0.3) is 0 Å². The molecule has 0 spiro atoms. The third-order valence-electron chi connectivity index (χ3n) is 1.45. The van der Waals surface area contributed by atoms with Gasteiger partial charge < -0.3 is 5.11 Å². The molecule has 0 amide bonds. The molecule has 1 N–H and O–H groups in total. The van der Waals surface area contributed by atoms with Crippen molar-refractivity contribution in [1.29, 1.82) is 0 Å². The summed E-state index contributed by atoms with van der Waals surface area (Å²) in [4.78, 5) is 11.3. The number of hydrogen-bond acceptors (Lipinski definition) is 2. The van der Waals surface area contributed by atoms with E-state index in [-0.39, 0.29) is 0 Å². The number of carbonyl (C=O) groups is 1. The molecule has 70 valence electrons. The highest BCUT2D eigenvalue weighted by molar-refractivity contribution is 7.16. The summed E-state index contributed by atoms with van der Waals surface area (Å²) < 4.78 is 0.775. The van der Waals surface area contributed by atoms with Crippen molar-refractivity contribution in [2.75, 3.05) is 0 Å². The fraction of sp³-hybridized carbons (Fsp3) is 0.222. The molecular weight excluding hydrogens is 208 g/mol. The van der Waals surface area contributed by atoms with Gasteiger partial charge in [0, 0.05) is 11.0 Å². The third kappa shape index (κ3) is 4.10. The summed E-state index contributed by atoms with van der Waals surface area (Å²) in [5.41, 5.74) is 0. The summed E-state index contributed by atoms with van der Waals surface area (Å²) >= 11 is 7.26. The topological polar surface area (TPSA) is 37.3 Å². The fourth-order valence-corrected chi connectivity index (χ4v) is 2.00. The van der Waals surface area contributed by atoms with E-state index >= 15 is 0 Å². The first-order valence-electron chi connectivity index (χ1n) is 3.82. The van der Waals surface area contributed by atoms with Crippen LogP contribution in [0.4, 0.5) is 0 Å². The third-order valence-corrected chi connectivity index (χ3v) is 2.74. The largest absolute Gasteiger partial charge is 0.478 e. The van der Waals surface area contributed by atoms with Crippen LogP contribution in [0.2, 0.25) is 4.34 Å². The van der Waals surface area contributed by atoms with Gasteiger partial charge in [0.25, 0.3) is 0 Å². The maximum atomic E-state index is 10.1. The van der Waals surface area contributed by atoms with Gasteiger partial charge in [-0.2, -0.15) is 0 Å². The van der Waals surface area contributed by atoms with Crippen molar-refractivity contribution in [2.45, 2.75) is 12.8 Å². The summed E-state index contributed by atoms with van der Waals surface area (Å²) in [7, 11) is 0. The van der Waals surface area contributed by atoms with Gasteiger partial charge in [-0.3, -0.25) is 0 Å². The maximum Gasteiger partial charge on any atom is 0.327 e. The Morgan fingerprint density at radius 2 is 2.38 bits per heavy atom. The van der Waals surface area contributed by atoms with Crippen LogP contribution in [0.3, 0.4) is 0 Å². The first-order valence-corrected chi connectivity index (χ1v) is 5.01. The van der Waals surface area contributed by atoms with Crippen LogP contribution in [0, 0.1) is 0 Å². The molecule has 0 aliphatic rings. The quantitative estimate of drug-likeness (QED) is 0.786. The summed E-state index contributed by atoms with van der Waals surface area (Å²) in [5, 5.41) is 8.31. The molecule has 0 atom stereocenters. The number of hydrogen-bond donors (Lipinski definition) is 1. The van der Waals surface area contributed by atoms with Crippen molar-refractivity contribution in [3.63, 3.8) is 0 Å². The Balaban J connectivity index is 2.31. The van der Waals surface area contributed by atoms with Crippen LogP contribution in [0.15, 0.2) is 24.3 Å². The minimum absolute atomic E-state index is 0.739. The van der Waals surface area contributed by atoms with E-state index in [0.717, 1.165) is 23.3 Å². The number of aryl methyl sites for hydroxylation is 1. The molecule has 0 saturated carbocycles. The van der Waals surface area contributed by atoms with Crippen LogP contribution in [0.1, 0.15) is 11.3 Å². The van der Waals surface area contributed by atoms with Crippen LogP contribution in [0.5, 0.6) is 0 Å². The van der Waals surface area contributed by atoms with E-state index in [0.29, 0.717) is 0 Å². The highest BCUT2D eigenvalue weighted by atomic mass is 35.5. The van der Waals surface area contributed by atoms with E-state index in [4.69, 9.17) is 16.7 Å². The molecule has 2 nitrogen and oxygen atoms in total. The molecule has 0 aliphatic carbocycles. The molecule has 1 rings (SSSR count). The van der Waals surface area contributed by atoms with Gasteiger partial charge in [-0.15, -0.1) is 11.3 Å². The Kier molecular flexibility index (Phi) is 3.99. The van der Waals surface area contributed by atoms with Crippen LogP contribution in [-0.2, 0) is 11.2 Å². The molecule has 0 fully saturated rings. The number of thiophene rings is 1. The maximum absolute atomic E-state index is 10.1. The molecule has 1 aromatic heterocycles. The molecule has 0 aromatic carbocycles. The number of halogens is 1. The molecule has 13 heavy (non-hydrogen) atoms. The van der Waals surface area contributed by atoms with Crippen molar-refractivity contribution in [2.24, 2.45) is 0 Å². The van der Waals surface area contributed by atoms with Crippen molar-refractivity contribution in [3.05, 3.63) is 33.5 Å². The van der Waals surface area contributed by atoms with E-state index in [2.05, 4.69) is 0 Å². The monoisotopic (exact) mass is 216 g/mol. The van der Waals surface area contributed by atoms with Gasteiger partial charge in [0.1, 0.15) is 0 Å². The van der Waals surface area contributed by atoms with E-state index in [9.17, 15) is 4.79 Å². The van der Waals surface area contributed by atoms with Gasteiger partial charge in [-0.25, -0.2) is 4.79 Å². The van der Waals surface area contributed by atoms with Crippen molar-refractivity contribution in [1.82, 2.24) is 0 Å². The second-order valence-corrected chi connectivity index (χ2v) is 4.28. The Hall–Kier alpha value is -0.800. The summed E-state index contributed by atoms with van der Waals surface area (Å²) in [6.45, 7) is 0. The normalized spacial score (nSPS) is 10.8. The molecule has 0 radical (unpaired) electrons. The average Bonchev–Trinajstić information content (AvgIpc) is 2.45. The van der Waals surface area contributed by atoms with Crippen molar-refractivity contribution < 1.29 is 9.90 Å². The predicted molar refractivity (Wildman–Crippen MR) is 54.4 cm³/mol. The lowest BCUT2D eigenvalue weighted by molar-refractivity contribution is -0.131. The smallest absolute Gasteiger partial charge is 0.327 e. The Bertz CT molecular complexity index is 317. The lowest BCUT2D eigenvalue weighted by atomic mass is 10.2. The second kappa shape index (κ2) is 5.04. The first kappa shape index (κ1) is 10.3. The molecule has 0 unspecified atom stereocenters. The number of carboxylic acids is 1. The van der Waals surface area contributed by atoms with Crippen LogP contribution >= 0.6 is 22.9 Å². The van der Waals surface area contributed by atoms with E-state index in [1.54, 1.807) is 6.08 Å². The van der Waals surface area contributed by atoms with Gasteiger partial charge in [-0.1, -0.05) is 17.7 Å². The zero-order valence-corrected chi connectivity index (χ0v) is 8.44. The van der Waals surface area contributed by atoms with Crippen molar-refractivity contribution >= 4 is 28.9 Å². The van der Waals surface area contributed by atoms with Gasteiger partial charge >= 0.3 is 5.97 Å². The molecular formula is C9H9ClO2S. The number of rotatable bonds is 4. The Morgan fingerprint density at radius 1 is 1.62 bits per heavy atom. The summed E-state index contributed by atoms with van der Waals surface area (Å²) in [6, 6.07) is 3.81. The zero-order valence-electron chi connectivity index (χ0n) is 6.87. The summed E-state index contributed by atoms with van der Waals surface area (Å²) in [6.07, 6.45) is 4.40. The highest BCUT2D eigenvalue weighted by Crippen LogP contribution is 2.22.